The lowest BCUT2D eigenvalue weighted by atomic mass is 10.1. The molecule has 0 unspecified atom stereocenters. The second-order valence-corrected chi connectivity index (χ2v) is 10.6. The van der Waals surface area contributed by atoms with E-state index in [1.165, 1.54) is 55.8 Å². The average Bonchev–Trinajstić information content (AvgIpc) is 3.12. The molecule has 2 N–H and O–H groups in total. The smallest absolute Gasteiger partial charge is 0.251 e. The highest BCUT2D eigenvalue weighted by molar-refractivity contribution is 7.89. The standard InChI is InChI=1S/C22H23FN4O4S2/c1-14-19(12-15-7-4-5-10-18(15)23)32-22(25-14)26-20(28)13-24-21(29)16-8-6-9-17(11-16)33(30,31)27(2)3/h4-11H,12-13H2,1-3H3,(H,24,29)(H,25,26,28). The highest BCUT2D eigenvalue weighted by Gasteiger charge is 2.19. The molecule has 0 aliphatic rings. The number of hydrogen-bond donors (Lipinski definition) is 2. The Hall–Kier alpha value is -3.15. The molecule has 3 aromatic rings. The maximum atomic E-state index is 13.9. The summed E-state index contributed by atoms with van der Waals surface area (Å²) in [5, 5.41) is 5.43. The number of thiazole rings is 1. The molecule has 0 aliphatic carbocycles. The molecule has 3 rings (SSSR count). The molecule has 0 radical (unpaired) electrons. The molecule has 1 aromatic heterocycles. The van der Waals surface area contributed by atoms with E-state index in [-0.39, 0.29) is 22.8 Å². The van der Waals surface area contributed by atoms with Gasteiger partial charge in [0.05, 0.1) is 17.1 Å². The number of anilines is 1. The number of nitrogens with zero attached hydrogens (tertiary/aromatic N) is 2. The number of amides is 2. The SMILES string of the molecule is Cc1nc(NC(=O)CNC(=O)c2cccc(S(=O)(=O)N(C)C)c2)sc1Cc1ccccc1F. The fraction of sp³-hybridized carbons (Fsp3) is 0.227. The molecule has 174 valence electrons. The molecule has 0 fully saturated rings. The minimum Gasteiger partial charge on any atom is -0.343 e. The number of carbonyl (C=O) groups is 2. The van der Waals surface area contributed by atoms with E-state index in [1.807, 2.05) is 0 Å². The van der Waals surface area contributed by atoms with Crippen LogP contribution in [0.25, 0.3) is 0 Å². The molecule has 0 atom stereocenters. The van der Waals surface area contributed by atoms with Gasteiger partial charge >= 0.3 is 0 Å². The lowest BCUT2D eigenvalue weighted by Crippen LogP contribution is -2.33. The third-order valence-corrected chi connectivity index (χ3v) is 7.62. The van der Waals surface area contributed by atoms with E-state index in [0.29, 0.717) is 22.8 Å². The van der Waals surface area contributed by atoms with E-state index in [0.717, 1.165) is 9.18 Å². The second kappa shape index (κ2) is 10.2. The lowest BCUT2D eigenvalue weighted by molar-refractivity contribution is -0.115. The minimum absolute atomic E-state index is 0.0229. The summed E-state index contributed by atoms with van der Waals surface area (Å²) >= 11 is 1.24. The van der Waals surface area contributed by atoms with Crippen molar-refractivity contribution in [1.82, 2.24) is 14.6 Å². The van der Waals surface area contributed by atoms with Crippen molar-refractivity contribution in [3.05, 3.63) is 76.0 Å². The van der Waals surface area contributed by atoms with Crippen LogP contribution in [0.1, 0.15) is 26.5 Å². The van der Waals surface area contributed by atoms with Crippen LogP contribution in [-0.2, 0) is 21.2 Å². The first-order chi connectivity index (χ1) is 15.6. The zero-order chi connectivity index (χ0) is 24.2. The molecule has 0 saturated heterocycles. The molecule has 0 spiro atoms. The van der Waals surface area contributed by atoms with E-state index in [9.17, 15) is 22.4 Å². The summed E-state index contributed by atoms with van der Waals surface area (Å²) in [6.07, 6.45) is 0.356. The van der Waals surface area contributed by atoms with Gasteiger partial charge in [0.25, 0.3) is 5.91 Å². The third-order valence-electron chi connectivity index (χ3n) is 4.73. The van der Waals surface area contributed by atoms with Crippen molar-refractivity contribution in [1.29, 1.82) is 0 Å². The number of hydrogen-bond acceptors (Lipinski definition) is 6. The first-order valence-electron chi connectivity index (χ1n) is 9.88. The van der Waals surface area contributed by atoms with Crippen LogP contribution in [0, 0.1) is 12.7 Å². The predicted molar refractivity (Wildman–Crippen MR) is 124 cm³/mol. The Balaban J connectivity index is 1.60. The summed E-state index contributed by atoms with van der Waals surface area (Å²) in [4.78, 5) is 29.8. The van der Waals surface area contributed by atoms with Crippen molar-refractivity contribution in [2.45, 2.75) is 18.2 Å². The number of sulfonamides is 1. The number of aryl methyl sites for hydroxylation is 1. The molecular formula is C22H23FN4O4S2. The van der Waals surface area contributed by atoms with Gasteiger partial charge in [-0.25, -0.2) is 22.1 Å². The molecule has 11 heteroatoms. The molecule has 0 saturated carbocycles. The Labute approximate surface area is 195 Å². The molecule has 8 nitrogen and oxygen atoms in total. The number of halogens is 1. The lowest BCUT2D eigenvalue weighted by Gasteiger charge is -2.12. The van der Waals surface area contributed by atoms with Crippen LogP contribution in [0.15, 0.2) is 53.4 Å². The van der Waals surface area contributed by atoms with Crippen LogP contribution >= 0.6 is 11.3 Å². The number of aromatic nitrogens is 1. The molecule has 1 heterocycles. The molecule has 2 aromatic carbocycles. The van der Waals surface area contributed by atoms with Gasteiger partial charge in [0, 0.05) is 31.0 Å². The molecule has 0 aliphatic heterocycles. The number of benzene rings is 2. The number of carbonyl (C=O) groups excluding carboxylic acids is 2. The first-order valence-corrected chi connectivity index (χ1v) is 12.1. The summed E-state index contributed by atoms with van der Waals surface area (Å²) < 4.78 is 39.4. The van der Waals surface area contributed by atoms with E-state index in [4.69, 9.17) is 0 Å². The molecular weight excluding hydrogens is 467 g/mol. The summed E-state index contributed by atoms with van der Waals surface area (Å²) in [5.41, 5.74) is 1.33. The van der Waals surface area contributed by atoms with Crippen molar-refractivity contribution in [2.24, 2.45) is 0 Å². The van der Waals surface area contributed by atoms with E-state index in [2.05, 4.69) is 15.6 Å². The molecule has 2 amide bonds. The van der Waals surface area contributed by atoms with Crippen LogP contribution in [0.2, 0.25) is 0 Å². The van der Waals surface area contributed by atoms with Crippen LogP contribution in [0.3, 0.4) is 0 Å². The van der Waals surface area contributed by atoms with Crippen LogP contribution < -0.4 is 10.6 Å². The monoisotopic (exact) mass is 490 g/mol. The van der Waals surface area contributed by atoms with Gasteiger partial charge in [-0.15, -0.1) is 11.3 Å². The van der Waals surface area contributed by atoms with Gasteiger partial charge in [0.2, 0.25) is 15.9 Å². The predicted octanol–water partition coefficient (Wildman–Crippen LogP) is 2.80. The molecule has 33 heavy (non-hydrogen) atoms. The van der Waals surface area contributed by atoms with Crippen molar-refractivity contribution in [2.75, 3.05) is 26.0 Å². The van der Waals surface area contributed by atoms with Gasteiger partial charge in [-0.1, -0.05) is 24.3 Å². The quantitative estimate of drug-likeness (QED) is 0.505. The van der Waals surface area contributed by atoms with Crippen LogP contribution in [0.4, 0.5) is 9.52 Å². The zero-order valence-corrected chi connectivity index (χ0v) is 19.9. The summed E-state index contributed by atoms with van der Waals surface area (Å²) in [6.45, 7) is 1.45. The first kappa shape index (κ1) is 24.5. The van der Waals surface area contributed by atoms with Crippen molar-refractivity contribution >= 4 is 38.3 Å². The van der Waals surface area contributed by atoms with Crippen molar-refractivity contribution in [3.8, 4) is 0 Å². The Kier molecular flexibility index (Phi) is 7.57. The number of nitrogens with one attached hydrogen (secondary N) is 2. The second-order valence-electron chi connectivity index (χ2n) is 7.34. The number of rotatable bonds is 8. The fourth-order valence-electron chi connectivity index (χ4n) is 2.89. The van der Waals surface area contributed by atoms with E-state index < -0.39 is 21.8 Å². The Morgan fingerprint density at radius 1 is 1.12 bits per heavy atom. The van der Waals surface area contributed by atoms with Crippen LogP contribution in [-0.4, -0.2) is 50.2 Å². The minimum atomic E-state index is -3.69. The normalized spacial score (nSPS) is 11.4. The van der Waals surface area contributed by atoms with Crippen molar-refractivity contribution in [3.63, 3.8) is 0 Å². The zero-order valence-electron chi connectivity index (χ0n) is 18.3. The maximum Gasteiger partial charge on any atom is 0.251 e. The van der Waals surface area contributed by atoms with Crippen molar-refractivity contribution < 1.29 is 22.4 Å². The third kappa shape index (κ3) is 6.01. The largest absolute Gasteiger partial charge is 0.343 e. The Morgan fingerprint density at radius 3 is 2.55 bits per heavy atom. The highest BCUT2D eigenvalue weighted by Crippen LogP contribution is 2.26. The van der Waals surface area contributed by atoms with Gasteiger partial charge in [-0.2, -0.15) is 0 Å². The Morgan fingerprint density at radius 2 is 1.85 bits per heavy atom. The van der Waals surface area contributed by atoms with Gasteiger partial charge in [-0.05, 0) is 36.8 Å². The topological polar surface area (TPSA) is 108 Å². The average molecular weight is 491 g/mol. The highest BCUT2D eigenvalue weighted by atomic mass is 32.2. The summed E-state index contributed by atoms with van der Waals surface area (Å²) in [6, 6.07) is 12.0. The molecule has 0 bridgehead atoms. The van der Waals surface area contributed by atoms with Gasteiger partial charge in [0.1, 0.15) is 5.82 Å². The van der Waals surface area contributed by atoms with Gasteiger partial charge < -0.3 is 10.6 Å². The van der Waals surface area contributed by atoms with Gasteiger partial charge in [-0.3, -0.25) is 9.59 Å². The van der Waals surface area contributed by atoms with E-state index >= 15 is 0 Å². The fourth-order valence-corrected chi connectivity index (χ4v) is 4.84. The van der Waals surface area contributed by atoms with Gasteiger partial charge in [0.15, 0.2) is 5.13 Å². The summed E-state index contributed by atoms with van der Waals surface area (Å²) in [7, 11) is -0.894. The van der Waals surface area contributed by atoms with E-state index in [1.54, 1.807) is 25.1 Å². The van der Waals surface area contributed by atoms with Crippen LogP contribution in [0.5, 0.6) is 0 Å². The Bertz CT molecular complexity index is 1290. The summed E-state index contributed by atoms with van der Waals surface area (Å²) in [5.74, 6) is -1.39. The maximum absolute atomic E-state index is 13.9.